The maximum absolute atomic E-state index is 12.2. The first-order valence-corrected chi connectivity index (χ1v) is 11.0. The number of carbonyl (C=O) groups excluding carboxylic acids is 1. The number of fused-ring (bicyclic) bond motifs is 1. The lowest BCUT2D eigenvalue weighted by molar-refractivity contribution is -0.116. The molecule has 0 fully saturated rings. The van der Waals surface area contributed by atoms with Crippen molar-refractivity contribution in [3.8, 4) is 5.75 Å². The molecule has 0 aliphatic carbocycles. The summed E-state index contributed by atoms with van der Waals surface area (Å²) in [6, 6.07) is 18.0. The summed E-state index contributed by atoms with van der Waals surface area (Å²) in [5.41, 5.74) is 1.69. The van der Waals surface area contributed by atoms with E-state index in [1.165, 1.54) is 24.3 Å². The van der Waals surface area contributed by atoms with E-state index in [0.29, 0.717) is 18.7 Å². The van der Waals surface area contributed by atoms with Crippen LogP contribution >= 0.6 is 0 Å². The standard InChI is InChI=1S/C22H25N3O4S/c1-25(15-16-3-4-18-14-20(29-2)8-5-17(18)13-16)12-11-22(26)24-19-6-9-21(10-7-19)30(23,27)28/h3-10,13-14H,11-12,15H2,1-2H3,(H,24,26)(H2,23,27,28). The third-order valence-corrected chi connectivity index (χ3v) is 5.68. The van der Waals surface area contributed by atoms with E-state index in [-0.39, 0.29) is 10.8 Å². The van der Waals surface area contributed by atoms with Crippen LogP contribution in [0.1, 0.15) is 12.0 Å². The minimum atomic E-state index is -3.74. The number of hydrogen-bond donors (Lipinski definition) is 2. The molecule has 30 heavy (non-hydrogen) atoms. The van der Waals surface area contributed by atoms with E-state index in [2.05, 4.69) is 28.4 Å². The zero-order valence-corrected chi connectivity index (χ0v) is 17.8. The lowest BCUT2D eigenvalue weighted by Gasteiger charge is -2.17. The molecule has 0 unspecified atom stereocenters. The van der Waals surface area contributed by atoms with Gasteiger partial charge in [-0.25, -0.2) is 13.6 Å². The highest BCUT2D eigenvalue weighted by molar-refractivity contribution is 7.89. The average Bonchev–Trinajstić information content (AvgIpc) is 2.71. The first-order valence-electron chi connectivity index (χ1n) is 9.42. The van der Waals surface area contributed by atoms with Crippen LogP contribution in [0.15, 0.2) is 65.6 Å². The number of rotatable bonds is 8. The molecule has 0 radical (unpaired) electrons. The molecule has 7 nitrogen and oxygen atoms in total. The smallest absolute Gasteiger partial charge is 0.238 e. The Balaban J connectivity index is 1.52. The maximum Gasteiger partial charge on any atom is 0.238 e. The van der Waals surface area contributed by atoms with Crippen LogP contribution in [0.4, 0.5) is 5.69 Å². The van der Waals surface area contributed by atoms with Crippen LogP contribution in [0, 0.1) is 0 Å². The Hall–Kier alpha value is -2.94. The van der Waals surface area contributed by atoms with Gasteiger partial charge in [-0.15, -0.1) is 0 Å². The van der Waals surface area contributed by atoms with Gasteiger partial charge in [-0.2, -0.15) is 0 Å². The van der Waals surface area contributed by atoms with E-state index < -0.39 is 10.0 Å². The minimum Gasteiger partial charge on any atom is -0.497 e. The van der Waals surface area contributed by atoms with E-state index in [1.54, 1.807) is 7.11 Å². The number of carbonyl (C=O) groups is 1. The average molecular weight is 428 g/mol. The van der Waals surface area contributed by atoms with Crippen molar-refractivity contribution in [3.63, 3.8) is 0 Å². The van der Waals surface area contributed by atoms with E-state index in [0.717, 1.165) is 28.6 Å². The molecule has 0 bridgehead atoms. The molecule has 0 saturated carbocycles. The molecule has 3 aromatic rings. The van der Waals surface area contributed by atoms with Crippen molar-refractivity contribution in [2.24, 2.45) is 5.14 Å². The Morgan fingerprint density at radius 1 is 1.03 bits per heavy atom. The summed E-state index contributed by atoms with van der Waals surface area (Å²) in [5, 5.41) is 10.1. The van der Waals surface area contributed by atoms with Gasteiger partial charge in [-0.1, -0.05) is 18.2 Å². The maximum atomic E-state index is 12.2. The number of hydrogen-bond acceptors (Lipinski definition) is 5. The molecule has 158 valence electrons. The number of benzene rings is 3. The molecule has 3 aromatic carbocycles. The van der Waals surface area contributed by atoms with Crippen LogP contribution in [0.25, 0.3) is 10.8 Å². The van der Waals surface area contributed by atoms with Crippen molar-refractivity contribution < 1.29 is 17.9 Å². The third-order valence-electron chi connectivity index (χ3n) is 4.75. The summed E-state index contributed by atoms with van der Waals surface area (Å²) in [6.07, 6.45) is 0.318. The summed E-state index contributed by atoms with van der Waals surface area (Å²) in [5.74, 6) is 0.688. The van der Waals surface area contributed by atoms with E-state index in [1.807, 2.05) is 25.2 Å². The summed E-state index contributed by atoms with van der Waals surface area (Å²) in [6.45, 7) is 1.31. The van der Waals surface area contributed by atoms with Gasteiger partial charge in [-0.05, 0) is 65.8 Å². The van der Waals surface area contributed by atoms with Crippen molar-refractivity contribution in [2.75, 3.05) is 26.0 Å². The number of anilines is 1. The molecule has 0 spiro atoms. The normalized spacial score (nSPS) is 11.6. The number of nitrogens with zero attached hydrogens (tertiary/aromatic N) is 1. The fourth-order valence-electron chi connectivity index (χ4n) is 3.13. The van der Waals surface area contributed by atoms with E-state index in [9.17, 15) is 13.2 Å². The summed E-state index contributed by atoms with van der Waals surface area (Å²) >= 11 is 0. The molecule has 1 amide bonds. The number of nitrogens with two attached hydrogens (primary N) is 1. The van der Waals surface area contributed by atoms with Gasteiger partial charge in [-0.3, -0.25) is 4.79 Å². The van der Waals surface area contributed by atoms with Crippen molar-refractivity contribution >= 4 is 32.4 Å². The van der Waals surface area contributed by atoms with Crippen LogP contribution in [-0.4, -0.2) is 39.9 Å². The second-order valence-corrected chi connectivity index (χ2v) is 8.71. The summed E-state index contributed by atoms with van der Waals surface area (Å²) in [4.78, 5) is 14.3. The van der Waals surface area contributed by atoms with Gasteiger partial charge in [0.2, 0.25) is 15.9 Å². The Morgan fingerprint density at radius 2 is 1.70 bits per heavy atom. The lowest BCUT2D eigenvalue weighted by Crippen LogP contribution is -2.24. The van der Waals surface area contributed by atoms with Gasteiger partial charge in [0.15, 0.2) is 0 Å². The van der Waals surface area contributed by atoms with Crippen molar-refractivity contribution in [1.82, 2.24) is 4.90 Å². The Labute approximate surface area is 176 Å². The van der Waals surface area contributed by atoms with Crippen LogP contribution < -0.4 is 15.2 Å². The molecule has 3 N–H and O–H groups in total. The SMILES string of the molecule is COc1ccc2cc(CN(C)CCC(=O)Nc3ccc(S(N)(=O)=O)cc3)ccc2c1. The largest absolute Gasteiger partial charge is 0.497 e. The summed E-state index contributed by atoms with van der Waals surface area (Å²) < 4.78 is 27.8. The number of amides is 1. The molecule has 0 aromatic heterocycles. The van der Waals surface area contributed by atoms with Crippen molar-refractivity contribution in [2.45, 2.75) is 17.9 Å². The highest BCUT2D eigenvalue weighted by Gasteiger charge is 2.09. The summed E-state index contributed by atoms with van der Waals surface area (Å²) in [7, 11) is -0.125. The van der Waals surface area contributed by atoms with Gasteiger partial charge in [0.05, 0.1) is 12.0 Å². The van der Waals surface area contributed by atoms with Gasteiger partial charge in [0, 0.05) is 25.2 Å². The number of sulfonamides is 1. The zero-order chi connectivity index (χ0) is 21.7. The third kappa shape index (κ3) is 5.79. The zero-order valence-electron chi connectivity index (χ0n) is 17.0. The first kappa shape index (κ1) is 21.8. The molecular weight excluding hydrogens is 402 g/mol. The van der Waals surface area contributed by atoms with Crippen LogP contribution in [0.5, 0.6) is 5.75 Å². The van der Waals surface area contributed by atoms with Crippen molar-refractivity contribution in [3.05, 3.63) is 66.2 Å². The van der Waals surface area contributed by atoms with Gasteiger partial charge < -0.3 is 15.0 Å². The quantitative estimate of drug-likeness (QED) is 0.575. The fraction of sp³-hybridized carbons (Fsp3) is 0.227. The van der Waals surface area contributed by atoms with Crippen LogP contribution in [0.3, 0.4) is 0 Å². The second kappa shape index (κ2) is 9.25. The van der Waals surface area contributed by atoms with E-state index >= 15 is 0 Å². The molecule has 0 aliphatic heterocycles. The Bertz CT molecular complexity index is 1140. The predicted molar refractivity (Wildman–Crippen MR) is 118 cm³/mol. The molecule has 3 rings (SSSR count). The van der Waals surface area contributed by atoms with Crippen LogP contribution in [0.2, 0.25) is 0 Å². The van der Waals surface area contributed by atoms with E-state index in [4.69, 9.17) is 9.88 Å². The molecular formula is C22H25N3O4S. The highest BCUT2D eigenvalue weighted by Crippen LogP contribution is 2.22. The molecule has 0 heterocycles. The minimum absolute atomic E-state index is 0.00839. The van der Waals surface area contributed by atoms with Gasteiger partial charge in [0.25, 0.3) is 0 Å². The number of nitrogens with one attached hydrogen (secondary N) is 1. The van der Waals surface area contributed by atoms with Crippen molar-refractivity contribution in [1.29, 1.82) is 0 Å². The fourth-order valence-corrected chi connectivity index (χ4v) is 3.65. The predicted octanol–water partition coefficient (Wildman–Crippen LogP) is 2.96. The lowest BCUT2D eigenvalue weighted by atomic mass is 10.1. The topological polar surface area (TPSA) is 102 Å². The Kier molecular flexibility index (Phi) is 6.71. The highest BCUT2D eigenvalue weighted by atomic mass is 32.2. The van der Waals surface area contributed by atoms with Gasteiger partial charge in [0.1, 0.15) is 5.75 Å². The number of primary sulfonamides is 1. The second-order valence-electron chi connectivity index (χ2n) is 7.15. The molecule has 0 saturated heterocycles. The van der Waals surface area contributed by atoms with Gasteiger partial charge >= 0.3 is 0 Å². The molecule has 0 atom stereocenters. The molecule has 8 heteroatoms. The Morgan fingerprint density at radius 3 is 2.37 bits per heavy atom. The van der Waals surface area contributed by atoms with Crippen LogP contribution in [-0.2, 0) is 21.4 Å². The number of ether oxygens (including phenoxy) is 1. The number of methoxy groups -OCH3 is 1. The first-order chi connectivity index (χ1) is 14.2. The monoisotopic (exact) mass is 427 g/mol. The molecule has 0 aliphatic rings.